The molecule has 118 valence electrons. The molecule has 0 unspecified atom stereocenters. The number of nitrogens with zero attached hydrogens (tertiary/aromatic N) is 1. The lowest BCUT2D eigenvalue weighted by molar-refractivity contribution is 0.448. The Morgan fingerprint density at radius 2 is 1.59 bits per heavy atom. The summed E-state index contributed by atoms with van der Waals surface area (Å²) in [7, 11) is -2.94. The predicted molar refractivity (Wildman–Crippen MR) is 83.2 cm³/mol. The summed E-state index contributed by atoms with van der Waals surface area (Å²) in [5.41, 5.74) is 0.737. The molecule has 0 radical (unpaired) electrons. The SMILES string of the molecule is CSc1ccc(CN(C)S(=O)(=O)c2c(F)cccc2F)cc1. The third kappa shape index (κ3) is 3.48. The van der Waals surface area contributed by atoms with E-state index in [4.69, 9.17) is 0 Å². The summed E-state index contributed by atoms with van der Waals surface area (Å²) in [6, 6.07) is 10.3. The molecule has 0 heterocycles. The Hall–Kier alpha value is -1.44. The average Bonchev–Trinajstić information content (AvgIpc) is 2.47. The van der Waals surface area contributed by atoms with Gasteiger partial charge in [0.1, 0.15) is 11.6 Å². The molecule has 0 aliphatic heterocycles. The number of hydrogen-bond donors (Lipinski definition) is 0. The van der Waals surface area contributed by atoms with Gasteiger partial charge in [0, 0.05) is 18.5 Å². The Kier molecular flexibility index (Phi) is 5.20. The van der Waals surface area contributed by atoms with E-state index in [1.54, 1.807) is 23.9 Å². The molecular formula is C15H15F2NO2S2. The molecule has 0 aromatic heterocycles. The lowest BCUT2D eigenvalue weighted by Crippen LogP contribution is -2.28. The molecule has 0 atom stereocenters. The van der Waals surface area contributed by atoms with Gasteiger partial charge in [-0.2, -0.15) is 4.31 Å². The minimum atomic E-state index is -4.24. The van der Waals surface area contributed by atoms with Crippen LogP contribution in [0.4, 0.5) is 8.78 Å². The molecule has 2 rings (SSSR count). The van der Waals surface area contributed by atoms with Crippen molar-refractivity contribution >= 4 is 21.8 Å². The van der Waals surface area contributed by atoms with Crippen LogP contribution >= 0.6 is 11.8 Å². The van der Waals surface area contributed by atoms with E-state index in [9.17, 15) is 17.2 Å². The van der Waals surface area contributed by atoms with Gasteiger partial charge in [0.2, 0.25) is 10.0 Å². The Balaban J connectivity index is 2.29. The van der Waals surface area contributed by atoms with Crippen LogP contribution in [-0.2, 0) is 16.6 Å². The van der Waals surface area contributed by atoms with Crippen LogP contribution in [0.15, 0.2) is 52.3 Å². The number of hydrogen-bond acceptors (Lipinski definition) is 3. The maximum absolute atomic E-state index is 13.7. The van der Waals surface area contributed by atoms with Crippen molar-refractivity contribution in [3.05, 3.63) is 59.7 Å². The van der Waals surface area contributed by atoms with E-state index < -0.39 is 26.6 Å². The maximum atomic E-state index is 13.7. The number of halogens is 2. The minimum absolute atomic E-state index is 0.0325. The van der Waals surface area contributed by atoms with Crippen molar-refractivity contribution in [3.8, 4) is 0 Å². The van der Waals surface area contributed by atoms with Crippen molar-refractivity contribution in [1.29, 1.82) is 0 Å². The minimum Gasteiger partial charge on any atom is -0.207 e. The highest BCUT2D eigenvalue weighted by Crippen LogP contribution is 2.23. The van der Waals surface area contributed by atoms with Crippen LogP contribution in [0.25, 0.3) is 0 Å². The zero-order chi connectivity index (χ0) is 16.3. The molecule has 0 aliphatic rings. The van der Waals surface area contributed by atoms with Crippen LogP contribution in [-0.4, -0.2) is 26.0 Å². The number of sulfonamides is 1. The quantitative estimate of drug-likeness (QED) is 0.780. The smallest absolute Gasteiger partial charge is 0.207 e. The molecule has 0 saturated carbocycles. The van der Waals surface area contributed by atoms with Crippen molar-refractivity contribution in [3.63, 3.8) is 0 Å². The molecule has 3 nitrogen and oxygen atoms in total. The molecule has 0 spiro atoms. The van der Waals surface area contributed by atoms with E-state index >= 15 is 0 Å². The fourth-order valence-electron chi connectivity index (χ4n) is 1.96. The molecule has 0 aliphatic carbocycles. The van der Waals surface area contributed by atoms with Crippen LogP contribution in [0.2, 0.25) is 0 Å². The summed E-state index contributed by atoms with van der Waals surface area (Å²) in [6.07, 6.45) is 1.94. The van der Waals surface area contributed by atoms with E-state index in [-0.39, 0.29) is 6.54 Å². The molecule has 0 fully saturated rings. The van der Waals surface area contributed by atoms with Gasteiger partial charge in [-0.25, -0.2) is 17.2 Å². The van der Waals surface area contributed by atoms with Crippen LogP contribution in [0, 0.1) is 11.6 Å². The van der Waals surface area contributed by atoms with E-state index in [1.165, 1.54) is 7.05 Å². The third-order valence-corrected chi connectivity index (χ3v) is 5.75. The van der Waals surface area contributed by atoms with Gasteiger partial charge in [-0.3, -0.25) is 0 Å². The van der Waals surface area contributed by atoms with E-state index in [1.807, 2.05) is 18.4 Å². The van der Waals surface area contributed by atoms with E-state index in [2.05, 4.69) is 0 Å². The van der Waals surface area contributed by atoms with Crippen molar-refractivity contribution < 1.29 is 17.2 Å². The highest BCUT2D eigenvalue weighted by atomic mass is 32.2. The van der Waals surface area contributed by atoms with Gasteiger partial charge in [0.05, 0.1) is 0 Å². The van der Waals surface area contributed by atoms with Gasteiger partial charge in [-0.05, 0) is 36.1 Å². The molecule has 2 aromatic carbocycles. The fraction of sp³-hybridized carbons (Fsp3) is 0.200. The van der Waals surface area contributed by atoms with Gasteiger partial charge in [0.15, 0.2) is 4.90 Å². The predicted octanol–water partition coefficient (Wildman–Crippen LogP) is 3.51. The summed E-state index contributed by atoms with van der Waals surface area (Å²) >= 11 is 1.57. The van der Waals surface area contributed by atoms with Crippen molar-refractivity contribution in [2.75, 3.05) is 13.3 Å². The third-order valence-electron chi connectivity index (χ3n) is 3.15. The highest BCUT2D eigenvalue weighted by Gasteiger charge is 2.28. The lowest BCUT2D eigenvalue weighted by Gasteiger charge is -2.18. The van der Waals surface area contributed by atoms with Gasteiger partial charge in [0.25, 0.3) is 0 Å². The van der Waals surface area contributed by atoms with E-state index in [0.717, 1.165) is 33.0 Å². The fourth-order valence-corrected chi connectivity index (χ4v) is 3.63. The van der Waals surface area contributed by atoms with Crippen molar-refractivity contribution in [2.24, 2.45) is 0 Å². The molecule has 0 bridgehead atoms. The summed E-state index contributed by atoms with van der Waals surface area (Å²) in [5, 5.41) is 0. The van der Waals surface area contributed by atoms with E-state index in [0.29, 0.717) is 0 Å². The summed E-state index contributed by atoms with van der Waals surface area (Å²) in [5.74, 6) is -2.19. The van der Waals surface area contributed by atoms with Crippen molar-refractivity contribution in [2.45, 2.75) is 16.3 Å². The molecular weight excluding hydrogens is 328 g/mol. The second kappa shape index (κ2) is 6.76. The first kappa shape index (κ1) is 16.9. The zero-order valence-corrected chi connectivity index (χ0v) is 13.7. The molecule has 0 N–H and O–H groups in total. The lowest BCUT2D eigenvalue weighted by atomic mass is 10.2. The zero-order valence-electron chi connectivity index (χ0n) is 12.1. The van der Waals surface area contributed by atoms with Gasteiger partial charge < -0.3 is 0 Å². The first-order valence-corrected chi connectivity index (χ1v) is 9.06. The number of thioether (sulfide) groups is 1. The molecule has 0 amide bonds. The summed E-state index contributed by atoms with van der Waals surface area (Å²) in [4.78, 5) is 0.132. The molecule has 2 aromatic rings. The molecule has 22 heavy (non-hydrogen) atoms. The topological polar surface area (TPSA) is 37.4 Å². The Morgan fingerprint density at radius 3 is 2.09 bits per heavy atom. The maximum Gasteiger partial charge on any atom is 0.248 e. The molecule has 0 saturated heterocycles. The molecule has 7 heteroatoms. The number of rotatable bonds is 5. The summed E-state index contributed by atoms with van der Waals surface area (Å²) in [6.45, 7) is 0.0325. The second-order valence-electron chi connectivity index (χ2n) is 4.66. The Labute approximate surface area is 133 Å². The second-order valence-corrected chi connectivity index (χ2v) is 7.52. The standard InChI is InChI=1S/C15H15F2NO2S2/c1-18(10-11-6-8-12(21-2)9-7-11)22(19,20)15-13(16)4-3-5-14(15)17/h3-9H,10H2,1-2H3. The largest absolute Gasteiger partial charge is 0.248 e. The Bertz CT molecular complexity index is 741. The summed E-state index contributed by atoms with van der Waals surface area (Å²) < 4.78 is 53.0. The first-order chi connectivity index (χ1) is 10.4. The van der Waals surface area contributed by atoms with Crippen LogP contribution in [0.5, 0.6) is 0 Å². The van der Waals surface area contributed by atoms with Gasteiger partial charge in [-0.1, -0.05) is 18.2 Å². The van der Waals surface area contributed by atoms with Gasteiger partial charge >= 0.3 is 0 Å². The number of benzene rings is 2. The first-order valence-electron chi connectivity index (χ1n) is 6.39. The monoisotopic (exact) mass is 343 g/mol. The Morgan fingerprint density at radius 1 is 1.05 bits per heavy atom. The average molecular weight is 343 g/mol. The van der Waals surface area contributed by atoms with Gasteiger partial charge in [-0.15, -0.1) is 11.8 Å². The van der Waals surface area contributed by atoms with Crippen LogP contribution in [0.1, 0.15) is 5.56 Å². The van der Waals surface area contributed by atoms with Crippen LogP contribution in [0.3, 0.4) is 0 Å². The van der Waals surface area contributed by atoms with Crippen LogP contribution < -0.4 is 0 Å². The highest BCUT2D eigenvalue weighted by molar-refractivity contribution is 7.98. The van der Waals surface area contributed by atoms with Crippen molar-refractivity contribution in [1.82, 2.24) is 4.31 Å². The normalized spacial score (nSPS) is 11.9.